The minimum atomic E-state index is 0.220. The SMILES string of the molecule is CN1N=C(c2ccc(N3CCCC3=O)cc2)CC1c1cnn(C)c1. The zero-order chi connectivity index (χ0) is 16.7. The monoisotopic (exact) mass is 323 g/mol. The zero-order valence-electron chi connectivity index (χ0n) is 14.0. The number of nitrogens with zero attached hydrogens (tertiary/aromatic N) is 5. The van der Waals surface area contributed by atoms with E-state index in [1.54, 1.807) is 0 Å². The molecule has 6 heteroatoms. The molecule has 0 spiro atoms. The lowest BCUT2D eigenvalue weighted by atomic mass is 10.0. The van der Waals surface area contributed by atoms with Crippen LogP contribution in [0.5, 0.6) is 0 Å². The highest BCUT2D eigenvalue weighted by Crippen LogP contribution is 2.31. The molecule has 2 aliphatic heterocycles. The summed E-state index contributed by atoms with van der Waals surface area (Å²) >= 11 is 0. The van der Waals surface area contributed by atoms with Crippen molar-refractivity contribution in [3.63, 3.8) is 0 Å². The van der Waals surface area contributed by atoms with E-state index in [0.29, 0.717) is 6.42 Å². The van der Waals surface area contributed by atoms with Gasteiger partial charge in [0.25, 0.3) is 0 Å². The predicted molar refractivity (Wildman–Crippen MR) is 92.9 cm³/mol. The Morgan fingerprint density at radius 2 is 1.96 bits per heavy atom. The minimum Gasteiger partial charge on any atom is -0.312 e. The van der Waals surface area contributed by atoms with E-state index in [0.717, 1.165) is 36.3 Å². The highest BCUT2D eigenvalue weighted by atomic mass is 16.2. The second kappa shape index (κ2) is 5.78. The molecule has 124 valence electrons. The van der Waals surface area contributed by atoms with E-state index in [9.17, 15) is 4.79 Å². The Morgan fingerprint density at radius 1 is 1.17 bits per heavy atom. The standard InChI is InChI=1S/C18H21N5O/c1-21-12-14(11-19-21)17-10-16(20-22(17)2)13-5-7-15(8-6-13)23-9-3-4-18(23)24/h5-8,11-12,17H,3-4,9-10H2,1-2H3. The van der Waals surface area contributed by atoms with Gasteiger partial charge < -0.3 is 4.90 Å². The van der Waals surface area contributed by atoms with E-state index in [1.165, 1.54) is 5.56 Å². The van der Waals surface area contributed by atoms with Gasteiger partial charge in [0.2, 0.25) is 5.91 Å². The Labute approximate surface area is 141 Å². The number of carbonyl (C=O) groups excluding carboxylic acids is 1. The first-order valence-electron chi connectivity index (χ1n) is 8.31. The Hall–Kier alpha value is -2.63. The van der Waals surface area contributed by atoms with Gasteiger partial charge in [-0.15, -0.1) is 0 Å². The van der Waals surface area contributed by atoms with Crippen molar-refractivity contribution in [2.24, 2.45) is 12.1 Å². The first kappa shape index (κ1) is 14.9. The van der Waals surface area contributed by atoms with E-state index in [4.69, 9.17) is 5.10 Å². The number of carbonyl (C=O) groups is 1. The van der Waals surface area contributed by atoms with Crippen LogP contribution in [0.4, 0.5) is 5.69 Å². The van der Waals surface area contributed by atoms with Crippen LogP contribution in [0.1, 0.15) is 36.4 Å². The number of hydrazone groups is 1. The third-order valence-electron chi connectivity index (χ3n) is 4.81. The van der Waals surface area contributed by atoms with Crippen LogP contribution < -0.4 is 4.90 Å². The van der Waals surface area contributed by atoms with Gasteiger partial charge in [-0.1, -0.05) is 12.1 Å². The smallest absolute Gasteiger partial charge is 0.227 e. The van der Waals surface area contributed by atoms with Crippen molar-refractivity contribution in [3.05, 3.63) is 47.8 Å². The van der Waals surface area contributed by atoms with E-state index in [2.05, 4.69) is 17.2 Å². The fourth-order valence-electron chi connectivity index (χ4n) is 3.49. The topological polar surface area (TPSA) is 53.7 Å². The second-order valence-corrected chi connectivity index (χ2v) is 6.48. The minimum absolute atomic E-state index is 0.220. The number of rotatable bonds is 3. The summed E-state index contributed by atoms with van der Waals surface area (Å²) < 4.78 is 1.82. The van der Waals surface area contributed by atoms with Crippen LogP contribution in [-0.2, 0) is 11.8 Å². The molecule has 1 unspecified atom stereocenters. The molecule has 1 aromatic carbocycles. The maximum Gasteiger partial charge on any atom is 0.227 e. The van der Waals surface area contributed by atoms with Crippen LogP contribution in [0.3, 0.4) is 0 Å². The van der Waals surface area contributed by atoms with Crippen molar-refractivity contribution < 1.29 is 4.79 Å². The summed E-state index contributed by atoms with van der Waals surface area (Å²) in [6.45, 7) is 0.824. The molecule has 1 atom stereocenters. The lowest BCUT2D eigenvalue weighted by Crippen LogP contribution is -2.23. The molecular formula is C18H21N5O. The summed E-state index contributed by atoms with van der Waals surface area (Å²) in [6, 6.07) is 8.42. The molecule has 0 radical (unpaired) electrons. The van der Waals surface area contributed by atoms with Gasteiger partial charge in [0.05, 0.1) is 18.0 Å². The molecule has 1 amide bonds. The van der Waals surface area contributed by atoms with Gasteiger partial charge in [-0.25, -0.2) is 0 Å². The molecule has 2 aliphatic rings. The fourth-order valence-corrected chi connectivity index (χ4v) is 3.49. The summed E-state index contributed by atoms with van der Waals surface area (Å²) in [5.41, 5.74) is 4.35. The highest BCUT2D eigenvalue weighted by Gasteiger charge is 2.27. The van der Waals surface area contributed by atoms with Crippen molar-refractivity contribution in [1.29, 1.82) is 0 Å². The number of anilines is 1. The summed E-state index contributed by atoms with van der Waals surface area (Å²) in [7, 11) is 3.93. The quantitative estimate of drug-likeness (QED) is 0.871. The number of hydrogen-bond acceptors (Lipinski definition) is 4. The molecular weight excluding hydrogens is 302 g/mol. The lowest BCUT2D eigenvalue weighted by molar-refractivity contribution is -0.117. The van der Waals surface area contributed by atoms with Crippen molar-refractivity contribution in [3.8, 4) is 0 Å². The highest BCUT2D eigenvalue weighted by molar-refractivity contribution is 6.02. The van der Waals surface area contributed by atoms with Gasteiger partial charge in [0.1, 0.15) is 0 Å². The van der Waals surface area contributed by atoms with Crippen molar-refractivity contribution in [1.82, 2.24) is 14.8 Å². The molecule has 1 saturated heterocycles. The number of aryl methyl sites for hydroxylation is 1. The third-order valence-corrected chi connectivity index (χ3v) is 4.81. The Morgan fingerprint density at radius 3 is 2.58 bits per heavy atom. The Balaban J connectivity index is 1.52. The Bertz CT molecular complexity index is 792. The van der Waals surface area contributed by atoms with E-state index in [-0.39, 0.29) is 11.9 Å². The third kappa shape index (κ3) is 2.58. The fraction of sp³-hybridized carbons (Fsp3) is 0.389. The van der Waals surface area contributed by atoms with Gasteiger partial charge in [-0.05, 0) is 24.1 Å². The van der Waals surface area contributed by atoms with Crippen molar-refractivity contribution >= 4 is 17.3 Å². The molecule has 2 aromatic rings. The lowest BCUT2D eigenvalue weighted by Gasteiger charge is -2.16. The van der Waals surface area contributed by atoms with Crippen molar-refractivity contribution in [2.45, 2.75) is 25.3 Å². The van der Waals surface area contributed by atoms with Crippen LogP contribution >= 0.6 is 0 Å². The van der Waals surface area contributed by atoms with Gasteiger partial charge >= 0.3 is 0 Å². The predicted octanol–water partition coefficient (Wildman–Crippen LogP) is 2.33. The average molecular weight is 323 g/mol. The molecule has 1 aromatic heterocycles. The molecule has 6 nitrogen and oxygen atoms in total. The molecule has 0 N–H and O–H groups in total. The van der Waals surface area contributed by atoms with Gasteiger partial charge in [-0.2, -0.15) is 10.2 Å². The first-order valence-corrected chi connectivity index (χ1v) is 8.31. The first-order chi connectivity index (χ1) is 11.6. The molecule has 0 bridgehead atoms. The maximum atomic E-state index is 11.8. The van der Waals surface area contributed by atoms with Gasteiger partial charge in [0, 0.05) is 50.9 Å². The van der Waals surface area contributed by atoms with E-state index in [1.807, 2.05) is 53.2 Å². The number of aromatic nitrogens is 2. The summed E-state index contributed by atoms with van der Waals surface area (Å²) in [5, 5.41) is 11.0. The normalized spacial score (nSPS) is 20.8. The second-order valence-electron chi connectivity index (χ2n) is 6.48. The zero-order valence-corrected chi connectivity index (χ0v) is 14.0. The average Bonchev–Trinajstić information content (AvgIpc) is 3.28. The van der Waals surface area contributed by atoms with Gasteiger partial charge in [0.15, 0.2) is 0 Å². The molecule has 0 aliphatic carbocycles. The van der Waals surface area contributed by atoms with Crippen LogP contribution in [0, 0.1) is 0 Å². The number of hydrogen-bond donors (Lipinski definition) is 0. The largest absolute Gasteiger partial charge is 0.312 e. The molecule has 3 heterocycles. The maximum absolute atomic E-state index is 11.8. The summed E-state index contributed by atoms with van der Waals surface area (Å²) in [5.74, 6) is 0.220. The Kier molecular flexibility index (Phi) is 3.59. The number of benzene rings is 1. The van der Waals surface area contributed by atoms with Crippen molar-refractivity contribution in [2.75, 3.05) is 18.5 Å². The molecule has 0 saturated carbocycles. The molecule has 24 heavy (non-hydrogen) atoms. The van der Waals surface area contributed by atoms with Crippen LogP contribution in [0.15, 0.2) is 41.8 Å². The van der Waals surface area contributed by atoms with Crippen LogP contribution in [-0.4, -0.2) is 40.0 Å². The van der Waals surface area contributed by atoms with E-state index < -0.39 is 0 Å². The van der Waals surface area contributed by atoms with Gasteiger partial charge in [-0.3, -0.25) is 14.5 Å². The van der Waals surface area contributed by atoms with E-state index >= 15 is 0 Å². The van der Waals surface area contributed by atoms with Crippen LogP contribution in [0.25, 0.3) is 0 Å². The number of amides is 1. The van der Waals surface area contributed by atoms with Crippen LogP contribution in [0.2, 0.25) is 0 Å². The molecule has 1 fully saturated rings. The summed E-state index contributed by atoms with van der Waals surface area (Å²) in [4.78, 5) is 13.7. The molecule has 4 rings (SSSR count). The summed E-state index contributed by atoms with van der Waals surface area (Å²) in [6.07, 6.45) is 6.42.